The van der Waals surface area contributed by atoms with Crippen LogP contribution in [-0.2, 0) is 11.2 Å². The number of thiocarbonyl (C=S) groups is 1. The highest BCUT2D eigenvalue weighted by atomic mass is 35.5. The van der Waals surface area contributed by atoms with Crippen LogP contribution in [0, 0.1) is 0 Å². The van der Waals surface area contributed by atoms with Crippen LogP contribution in [0.1, 0.15) is 5.56 Å². The lowest BCUT2D eigenvalue weighted by atomic mass is 10.1. The van der Waals surface area contributed by atoms with Crippen molar-refractivity contribution >= 4 is 63.7 Å². The van der Waals surface area contributed by atoms with Gasteiger partial charge in [-0.15, -0.1) is 0 Å². The molecule has 0 aromatic heterocycles. The summed E-state index contributed by atoms with van der Waals surface area (Å²) in [7, 11) is 0. The fourth-order valence-corrected chi connectivity index (χ4v) is 2.35. The van der Waals surface area contributed by atoms with Gasteiger partial charge in [-0.2, -0.15) is 0 Å². The average Bonchev–Trinajstić information content (AvgIpc) is 2.45. The minimum Gasteiger partial charge on any atom is -0.332 e. The first kappa shape index (κ1) is 17.0. The van der Waals surface area contributed by atoms with E-state index in [-0.39, 0.29) is 17.4 Å². The van der Waals surface area contributed by atoms with Gasteiger partial charge in [0, 0.05) is 10.7 Å². The fourth-order valence-electron chi connectivity index (χ4n) is 1.69. The van der Waals surface area contributed by atoms with Gasteiger partial charge in [-0.25, -0.2) is 0 Å². The van der Waals surface area contributed by atoms with Crippen LogP contribution in [0.4, 0.5) is 5.69 Å². The molecule has 3 nitrogen and oxygen atoms in total. The van der Waals surface area contributed by atoms with Gasteiger partial charge in [0.05, 0.1) is 16.5 Å². The fraction of sp³-hybridized carbons (Fsp3) is 0.0667. The maximum Gasteiger partial charge on any atom is 0.230 e. The number of hydrogen-bond acceptors (Lipinski definition) is 2. The van der Waals surface area contributed by atoms with Crippen LogP contribution in [0.3, 0.4) is 0 Å². The first-order valence-electron chi connectivity index (χ1n) is 6.24. The molecule has 22 heavy (non-hydrogen) atoms. The summed E-state index contributed by atoms with van der Waals surface area (Å²) in [5, 5.41) is 7.14. The summed E-state index contributed by atoms with van der Waals surface area (Å²) in [4.78, 5) is 11.9. The van der Waals surface area contributed by atoms with Gasteiger partial charge in [0.2, 0.25) is 5.91 Å². The maximum absolute atomic E-state index is 11.9. The van der Waals surface area contributed by atoms with Gasteiger partial charge >= 0.3 is 0 Å². The van der Waals surface area contributed by atoms with Crippen molar-refractivity contribution in [3.05, 3.63) is 63.1 Å². The Balaban J connectivity index is 1.89. The molecule has 0 aliphatic heterocycles. The summed E-state index contributed by atoms with van der Waals surface area (Å²) in [5.74, 6) is -0.222. The molecule has 0 aliphatic carbocycles. The molecule has 0 spiro atoms. The quantitative estimate of drug-likeness (QED) is 0.766. The van der Waals surface area contributed by atoms with Crippen molar-refractivity contribution in [1.29, 1.82) is 0 Å². The molecule has 7 heteroatoms. The van der Waals surface area contributed by atoms with E-state index in [1.165, 1.54) is 0 Å². The Bertz CT molecular complexity index is 704. The highest BCUT2D eigenvalue weighted by Crippen LogP contribution is 2.24. The summed E-state index contributed by atoms with van der Waals surface area (Å²) in [5.41, 5.74) is 1.49. The van der Waals surface area contributed by atoms with Gasteiger partial charge in [-0.1, -0.05) is 46.9 Å². The first-order valence-corrected chi connectivity index (χ1v) is 7.78. The lowest BCUT2D eigenvalue weighted by molar-refractivity contribution is -0.119. The number of carbonyl (C=O) groups is 1. The second-order valence-corrected chi connectivity index (χ2v) is 6.09. The third kappa shape index (κ3) is 5.14. The summed E-state index contributed by atoms with van der Waals surface area (Å²) in [6, 6.07) is 12.0. The third-order valence-corrected chi connectivity index (χ3v) is 3.90. The molecule has 0 radical (unpaired) electrons. The van der Waals surface area contributed by atoms with Crippen molar-refractivity contribution in [2.45, 2.75) is 6.42 Å². The van der Waals surface area contributed by atoms with Gasteiger partial charge < -0.3 is 10.6 Å². The van der Waals surface area contributed by atoms with Gasteiger partial charge in [0.25, 0.3) is 0 Å². The zero-order valence-electron chi connectivity index (χ0n) is 11.2. The highest BCUT2D eigenvalue weighted by molar-refractivity contribution is 7.80. The molecule has 0 saturated heterocycles. The smallest absolute Gasteiger partial charge is 0.230 e. The van der Waals surface area contributed by atoms with E-state index in [1.54, 1.807) is 42.5 Å². The molecule has 0 heterocycles. The van der Waals surface area contributed by atoms with E-state index in [0.29, 0.717) is 20.8 Å². The topological polar surface area (TPSA) is 41.1 Å². The Morgan fingerprint density at radius 1 is 1.00 bits per heavy atom. The summed E-state index contributed by atoms with van der Waals surface area (Å²) in [6.07, 6.45) is 0.209. The molecule has 0 saturated carbocycles. The van der Waals surface area contributed by atoms with Crippen molar-refractivity contribution in [3.63, 3.8) is 0 Å². The van der Waals surface area contributed by atoms with E-state index in [1.807, 2.05) is 0 Å². The number of anilines is 1. The Kier molecular flexibility index (Phi) is 6.03. The molecule has 1 amide bonds. The number of benzene rings is 2. The standard InChI is InChI=1S/C15H11Cl3N2OS/c16-10-3-1-9(2-4-10)7-14(21)20-15(22)19-11-5-6-12(17)13(18)8-11/h1-6,8H,7H2,(H2,19,20,21,22). The van der Waals surface area contributed by atoms with Gasteiger partial charge in [-0.3, -0.25) is 4.79 Å². The SMILES string of the molecule is O=C(Cc1ccc(Cl)cc1)NC(=S)Nc1ccc(Cl)c(Cl)c1. The molecular weight excluding hydrogens is 363 g/mol. The maximum atomic E-state index is 11.9. The molecule has 2 aromatic carbocycles. The average molecular weight is 374 g/mol. The lowest BCUT2D eigenvalue weighted by Gasteiger charge is -2.10. The Hall–Kier alpha value is -1.33. The van der Waals surface area contributed by atoms with Crippen LogP contribution in [0.5, 0.6) is 0 Å². The van der Waals surface area contributed by atoms with Gasteiger partial charge in [0.1, 0.15) is 0 Å². The van der Waals surface area contributed by atoms with Gasteiger partial charge in [0.15, 0.2) is 5.11 Å². The Morgan fingerprint density at radius 2 is 1.68 bits per heavy atom. The van der Waals surface area contributed by atoms with Crippen molar-refractivity contribution < 1.29 is 4.79 Å². The number of amides is 1. The number of halogens is 3. The van der Waals surface area contributed by atoms with Gasteiger partial charge in [-0.05, 0) is 48.1 Å². The molecular formula is C15H11Cl3N2OS. The lowest BCUT2D eigenvalue weighted by Crippen LogP contribution is -2.35. The molecule has 0 atom stereocenters. The van der Waals surface area contributed by atoms with Crippen molar-refractivity contribution in [3.8, 4) is 0 Å². The highest BCUT2D eigenvalue weighted by Gasteiger charge is 2.07. The summed E-state index contributed by atoms with van der Waals surface area (Å²) in [6.45, 7) is 0. The number of nitrogens with one attached hydrogen (secondary N) is 2. The van der Waals surface area contributed by atoms with E-state index in [0.717, 1.165) is 5.56 Å². The second-order valence-electron chi connectivity index (χ2n) is 4.43. The van der Waals surface area contributed by atoms with E-state index in [2.05, 4.69) is 10.6 Å². The predicted molar refractivity (Wildman–Crippen MR) is 96.0 cm³/mol. The third-order valence-electron chi connectivity index (χ3n) is 2.71. The van der Waals surface area contributed by atoms with Crippen LogP contribution in [0.2, 0.25) is 15.1 Å². The monoisotopic (exact) mass is 372 g/mol. The van der Waals surface area contributed by atoms with Crippen molar-refractivity contribution in [2.75, 3.05) is 5.32 Å². The van der Waals surface area contributed by atoms with E-state index in [9.17, 15) is 4.79 Å². The molecule has 0 fully saturated rings. The largest absolute Gasteiger partial charge is 0.332 e. The zero-order valence-corrected chi connectivity index (χ0v) is 14.3. The predicted octanol–water partition coefficient (Wildman–Crippen LogP) is 4.70. The van der Waals surface area contributed by atoms with Crippen LogP contribution in [0.15, 0.2) is 42.5 Å². The molecule has 0 bridgehead atoms. The minimum absolute atomic E-state index is 0.192. The van der Waals surface area contributed by atoms with Crippen molar-refractivity contribution in [1.82, 2.24) is 5.32 Å². The van der Waals surface area contributed by atoms with Crippen LogP contribution in [0.25, 0.3) is 0 Å². The minimum atomic E-state index is -0.222. The van der Waals surface area contributed by atoms with Crippen molar-refractivity contribution in [2.24, 2.45) is 0 Å². The van der Waals surface area contributed by atoms with E-state index >= 15 is 0 Å². The molecule has 2 aromatic rings. The zero-order chi connectivity index (χ0) is 16.1. The van der Waals surface area contributed by atoms with Crippen LogP contribution < -0.4 is 10.6 Å². The molecule has 114 valence electrons. The summed E-state index contributed by atoms with van der Waals surface area (Å²) >= 11 is 22.6. The molecule has 2 rings (SSSR count). The van der Waals surface area contributed by atoms with E-state index in [4.69, 9.17) is 47.0 Å². The Morgan fingerprint density at radius 3 is 2.32 bits per heavy atom. The number of hydrogen-bond donors (Lipinski definition) is 2. The normalized spacial score (nSPS) is 10.1. The van der Waals surface area contributed by atoms with Crippen LogP contribution in [-0.4, -0.2) is 11.0 Å². The summed E-state index contributed by atoms with van der Waals surface area (Å²) < 4.78 is 0. The Labute approximate surface area is 148 Å². The van der Waals surface area contributed by atoms with Crippen LogP contribution >= 0.6 is 47.0 Å². The molecule has 2 N–H and O–H groups in total. The number of rotatable bonds is 3. The molecule has 0 unspecified atom stereocenters. The van der Waals surface area contributed by atoms with E-state index < -0.39 is 0 Å². The molecule has 0 aliphatic rings. The second kappa shape index (κ2) is 7.79. The first-order chi connectivity index (χ1) is 10.4. The number of carbonyl (C=O) groups excluding carboxylic acids is 1.